The van der Waals surface area contributed by atoms with Gasteiger partial charge in [0.2, 0.25) is 0 Å². The molecule has 4 N–H and O–H groups in total. The molecule has 2 aromatic heterocycles. The molecule has 0 spiro atoms. The zero-order chi connectivity index (χ0) is 21.4. The Labute approximate surface area is 170 Å². The topological polar surface area (TPSA) is 139 Å². The first kappa shape index (κ1) is 19.7. The van der Waals surface area contributed by atoms with Gasteiger partial charge in [-0.2, -0.15) is 9.78 Å². The second kappa shape index (κ2) is 7.65. The van der Waals surface area contributed by atoms with Crippen molar-refractivity contribution < 1.29 is 23.8 Å². The minimum atomic E-state index is -0.830. The number of benzene rings is 1. The largest absolute Gasteiger partial charge is 0.491 e. The smallest absolute Gasteiger partial charge is 0.341 e. The van der Waals surface area contributed by atoms with Crippen molar-refractivity contribution in [3.05, 3.63) is 24.0 Å². The number of ether oxygens (including phenoxy) is 1. The number of hydrogen-bond acceptors (Lipinski definition) is 6. The fourth-order valence-electron chi connectivity index (χ4n) is 3.53. The van der Waals surface area contributed by atoms with Crippen LogP contribution >= 0.6 is 0 Å². The van der Waals surface area contributed by atoms with Gasteiger partial charge >= 0.3 is 12.0 Å². The molecule has 0 saturated carbocycles. The molecule has 1 fully saturated rings. The molecule has 0 aliphatic carbocycles. The number of imidazole rings is 1. The average Bonchev–Trinajstić information content (AvgIpc) is 3.33. The Hall–Kier alpha value is -3.63. The minimum absolute atomic E-state index is 0.105. The summed E-state index contributed by atoms with van der Waals surface area (Å²) in [6.45, 7) is 2.93. The number of carboxylic acids is 1. The maximum atomic E-state index is 14.1. The van der Waals surface area contributed by atoms with Crippen LogP contribution in [0, 0.1) is 17.8 Å². The number of nitrogens with one attached hydrogen (secondary N) is 1. The summed E-state index contributed by atoms with van der Waals surface area (Å²) in [4.78, 5) is 32.2. The summed E-state index contributed by atoms with van der Waals surface area (Å²) in [7, 11) is 0. The van der Waals surface area contributed by atoms with E-state index in [1.165, 1.54) is 12.1 Å². The van der Waals surface area contributed by atoms with E-state index in [9.17, 15) is 14.0 Å². The number of piperidine rings is 1. The lowest BCUT2D eigenvalue weighted by molar-refractivity contribution is -0.142. The molecule has 0 unspecified atom stereocenters. The summed E-state index contributed by atoms with van der Waals surface area (Å²) in [6.07, 6.45) is 0.874. The van der Waals surface area contributed by atoms with E-state index in [4.69, 9.17) is 15.6 Å². The van der Waals surface area contributed by atoms with Crippen LogP contribution in [0.1, 0.15) is 19.8 Å². The number of aromatic amines is 1. The number of aliphatic carboxylic acids is 1. The number of halogens is 1. The molecule has 1 amide bonds. The molecule has 3 aromatic rings. The quantitative estimate of drug-likeness (QED) is 0.579. The summed E-state index contributed by atoms with van der Waals surface area (Å²) in [5, 5.41) is 13.4. The van der Waals surface area contributed by atoms with Gasteiger partial charge in [0, 0.05) is 25.2 Å². The number of rotatable bonds is 5. The average molecular weight is 415 g/mol. The lowest BCUT2D eigenvalue weighted by atomic mass is 9.97. The highest BCUT2D eigenvalue weighted by Gasteiger charge is 2.28. The number of hydrogen-bond donors (Lipinski definition) is 3. The van der Waals surface area contributed by atoms with Crippen molar-refractivity contribution >= 4 is 28.9 Å². The van der Waals surface area contributed by atoms with Gasteiger partial charge < -0.3 is 25.5 Å². The number of aromatic nitrogens is 4. The maximum Gasteiger partial charge on any atom is 0.341 e. The molecule has 0 bridgehead atoms. The van der Waals surface area contributed by atoms with Crippen molar-refractivity contribution in [2.75, 3.05) is 24.6 Å². The Morgan fingerprint density at radius 2 is 2.13 bits per heavy atom. The predicted octanol–water partition coefficient (Wildman–Crippen LogP) is 1.99. The van der Waals surface area contributed by atoms with Crippen molar-refractivity contribution in [2.45, 2.75) is 19.8 Å². The van der Waals surface area contributed by atoms with E-state index in [-0.39, 0.29) is 11.4 Å². The third kappa shape index (κ3) is 3.53. The molecule has 157 valence electrons. The number of amides is 1. The van der Waals surface area contributed by atoms with Crippen LogP contribution in [0.5, 0.6) is 5.75 Å². The Balaban J connectivity index is 1.67. The van der Waals surface area contributed by atoms with Crippen LogP contribution in [0.3, 0.4) is 0 Å². The molecule has 30 heavy (non-hydrogen) atoms. The summed E-state index contributed by atoms with van der Waals surface area (Å²) in [5.41, 5.74) is 6.61. The minimum Gasteiger partial charge on any atom is -0.491 e. The number of carbonyl (C=O) groups excluding carboxylic acids is 1. The van der Waals surface area contributed by atoms with Crippen molar-refractivity contribution in [3.63, 3.8) is 0 Å². The number of nitrogens with two attached hydrogens (primary N) is 1. The molecule has 3 heterocycles. The van der Waals surface area contributed by atoms with Gasteiger partial charge in [-0.3, -0.25) is 4.79 Å². The van der Waals surface area contributed by atoms with Crippen LogP contribution < -0.4 is 15.4 Å². The molecular weight excluding hydrogens is 395 g/mol. The number of carboxylic acid groups (broad SMARTS) is 1. The first-order valence-corrected chi connectivity index (χ1v) is 9.49. The number of nitrogens with zero attached hydrogens (tertiary/aromatic N) is 4. The Morgan fingerprint density at radius 1 is 1.40 bits per heavy atom. The van der Waals surface area contributed by atoms with Gasteiger partial charge in [-0.25, -0.2) is 14.2 Å². The van der Waals surface area contributed by atoms with E-state index in [0.29, 0.717) is 55.2 Å². The first-order valence-electron chi connectivity index (χ1n) is 9.49. The summed E-state index contributed by atoms with van der Waals surface area (Å²) >= 11 is 0. The molecule has 1 saturated heterocycles. The van der Waals surface area contributed by atoms with Gasteiger partial charge in [0.05, 0.1) is 29.6 Å². The zero-order valence-corrected chi connectivity index (χ0v) is 16.2. The molecule has 4 rings (SSSR count). The molecule has 0 atom stereocenters. The standard InChI is InChI=1S/C19H20FN6O4/c1-2-30-15-8-13-12(7-11(15)20)22-17(23-13)14-9-16(26(24-14)19(21)29)25-5-3-10(4-6-25)18(27)28/h7-8,10H,2-6H2,1H3,(H2,21,29)(H,22,23)(H,27,28). The number of primary amides is 1. The molecule has 1 aromatic carbocycles. The number of anilines is 1. The maximum absolute atomic E-state index is 14.1. The Kier molecular flexibility index (Phi) is 5.02. The van der Waals surface area contributed by atoms with Gasteiger partial charge in [-0.15, -0.1) is 0 Å². The van der Waals surface area contributed by atoms with Crippen LogP contribution in [0.25, 0.3) is 22.6 Å². The predicted molar refractivity (Wildman–Crippen MR) is 105 cm³/mol. The lowest BCUT2D eigenvalue weighted by Crippen LogP contribution is -2.38. The highest BCUT2D eigenvalue weighted by molar-refractivity contribution is 5.83. The molecular formula is C19H20FN6O4. The second-order valence-electron chi connectivity index (χ2n) is 6.97. The van der Waals surface area contributed by atoms with Gasteiger partial charge in [0.1, 0.15) is 11.5 Å². The van der Waals surface area contributed by atoms with E-state index >= 15 is 0 Å². The van der Waals surface area contributed by atoms with E-state index in [2.05, 4.69) is 21.1 Å². The Bertz CT molecular complexity index is 1120. The molecule has 10 nitrogen and oxygen atoms in total. The van der Waals surface area contributed by atoms with Crippen LogP contribution in [0.4, 0.5) is 15.0 Å². The SMILES string of the molecule is CCOc1cc2[nH]c(-c3[c]c(N4CCC(C(=O)O)CC4)n(C(N)=O)n3)nc2cc1F. The third-order valence-corrected chi connectivity index (χ3v) is 5.04. The first-order chi connectivity index (χ1) is 14.4. The normalized spacial score (nSPS) is 14.9. The van der Waals surface area contributed by atoms with Crippen molar-refractivity contribution in [1.29, 1.82) is 0 Å². The van der Waals surface area contributed by atoms with E-state index in [1.54, 1.807) is 6.92 Å². The summed E-state index contributed by atoms with van der Waals surface area (Å²) < 4.78 is 20.4. The van der Waals surface area contributed by atoms with Crippen molar-refractivity contribution in [3.8, 4) is 17.3 Å². The molecule has 11 heteroatoms. The number of H-pyrrole nitrogens is 1. The van der Waals surface area contributed by atoms with Gasteiger partial charge in [-0.1, -0.05) is 0 Å². The summed E-state index contributed by atoms with van der Waals surface area (Å²) in [6, 6.07) is 4.98. The highest BCUT2D eigenvalue weighted by atomic mass is 19.1. The van der Waals surface area contributed by atoms with Crippen molar-refractivity contribution in [1.82, 2.24) is 19.7 Å². The fourth-order valence-corrected chi connectivity index (χ4v) is 3.53. The van der Waals surface area contributed by atoms with Crippen LogP contribution in [0.15, 0.2) is 12.1 Å². The van der Waals surface area contributed by atoms with Gasteiger partial charge in [-0.05, 0) is 19.8 Å². The number of fused-ring (bicyclic) bond motifs is 1. The molecule has 1 aliphatic rings. The zero-order valence-electron chi connectivity index (χ0n) is 16.2. The van der Waals surface area contributed by atoms with Gasteiger partial charge in [0.25, 0.3) is 0 Å². The van der Waals surface area contributed by atoms with Crippen LogP contribution in [-0.2, 0) is 4.79 Å². The molecule has 1 aliphatic heterocycles. The van der Waals surface area contributed by atoms with Crippen LogP contribution in [0.2, 0.25) is 0 Å². The lowest BCUT2D eigenvalue weighted by Gasteiger charge is -2.31. The summed E-state index contributed by atoms with van der Waals surface area (Å²) in [5.74, 6) is -1.05. The van der Waals surface area contributed by atoms with E-state index in [1.807, 2.05) is 4.90 Å². The number of carbonyl (C=O) groups is 2. The van der Waals surface area contributed by atoms with Crippen molar-refractivity contribution in [2.24, 2.45) is 11.7 Å². The second-order valence-corrected chi connectivity index (χ2v) is 6.97. The Morgan fingerprint density at radius 3 is 2.77 bits per heavy atom. The van der Waals surface area contributed by atoms with Crippen LogP contribution in [-0.4, -0.2) is 56.6 Å². The fraction of sp³-hybridized carbons (Fsp3) is 0.368. The monoisotopic (exact) mass is 415 g/mol. The molecule has 1 radical (unpaired) electrons. The van der Waals surface area contributed by atoms with Gasteiger partial charge in [0.15, 0.2) is 17.4 Å². The third-order valence-electron chi connectivity index (χ3n) is 5.04. The highest BCUT2D eigenvalue weighted by Crippen LogP contribution is 2.29. The van der Waals surface area contributed by atoms with E-state index < -0.39 is 23.7 Å². The van der Waals surface area contributed by atoms with E-state index in [0.717, 1.165) is 4.68 Å².